The summed E-state index contributed by atoms with van der Waals surface area (Å²) in [5.41, 5.74) is 0.794. The minimum Gasteiger partial charge on any atom is -0.497 e. The van der Waals surface area contributed by atoms with Gasteiger partial charge in [-0.3, -0.25) is 4.79 Å². The van der Waals surface area contributed by atoms with E-state index >= 15 is 0 Å². The summed E-state index contributed by atoms with van der Waals surface area (Å²) >= 11 is 0. The van der Waals surface area contributed by atoms with Gasteiger partial charge in [-0.25, -0.2) is 0 Å². The van der Waals surface area contributed by atoms with Gasteiger partial charge in [-0.1, -0.05) is 12.1 Å². The zero-order valence-electron chi connectivity index (χ0n) is 12.2. The number of Topliss-reactive ketones (excluding diaryl/α,β-unsaturated/α-hetero) is 1. The number of carbonyl (C=O) groups is 1. The molecule has 2 aliphatic rings. The highest BCUT2D eigenvalue weighted by molar-refractivity contribution is 5.98. The van der Waals surface area contributed by atoms with Crippen LogP contribution >= 0.6 is 0 Å². The van der Waals surface area contributed by atoms with Crippen molar-refractivity contribution in [3.05, 3.63) is 29.8 Å². The molecule has 1 heterocycles. The first-order valence-corrected chi connectivity index (χ1v) is 7.67. The molecule has 1 aliphatic carbocycles. The Bertz CT molecular complexity index is 482. The first-order chi connectivity index (χ1) is 9.76. The van der Waals surface area contributed by atoms with Crippen LogP contribution in [0.3, 0.4) is 0 Å². The zero-order valence-corrected chi connectivity index (χ0v) is 12.2. The third kappa shape index (κ3) is 3.21. The van der Waals surface area contributed by atoms with Crippen LogP contribution in [0.4, 0.5) is 0 Å². The fraction of sp³-hybridized carbons (Fsp3) is 0.588. The van der Waals surface area contributed by atoms with Crippen LogP contribution in [0.15, 0.2) is 24.3 Å². The smallest absolute Gasteiger partial charge is 0.167 e. The summed E-state index contributed by atoms with van der Waals surface area (Å²) < 4.78 is 5.21. The topological polar surface area (TPSA) is 29.5 Å². The Morgan fingerprint density at radius 1 is 1.35 bits per heavy atom. The molecule has 1 unspecified atom stereocenters. The molecule has 108 valence electrons. The summed E-state index contributed by atoms with van der Waals surface area (Å²) in [4.78, 5) is 15.1. The van der Waals surface area contributed by atoms with E-state index < -0.39 is 0 Å². The highest BCUT2D eigenvalue weighted by atomic mass is 16.5. The largest absolute Gasteiger partial charge is 0.497 e. The van der Waals surface area contributed by atoms with Crippen molar-refractivity contribution < 1.29 is 9.53 Å². The van der Waals surface area contributed by atoms with Crippen LogP contribution < -0.4 is 4.74 Å². The van der Waals surface area contributed by atoms with Gasteiger partial charge in [-0.05, 0) is 50.3 Å². The molecule has 0 spiro atoms. The SMILES string of the molecule is COc1cccc(C(=O)C2CCCN(CC3CC3)C2)c1. The Balaban J connectivity index is 1.65. The van der Waals surface area contributed by atoms with E-state index in [0.717, 1.165) is 36.6 Å². The highest BCUT2D eigenvalue weighted by Gasteiger charge is 2.30. The summed E-state index contributed by atoms with van der Waals surface area (Å²) in [6.45, 7) is 3.30. The molecule has 0 amide bonds. The first-order valence-electron chi connectivity index (χ1n) is 7.67. The average Bonchev–Trinajstić information content (AvgIpc) is 3.31. The summed E-state index contributed by atoms with van der Waals surface area (Å²) in [5.74, 6) is 2.11. The lowest BCUT2D eigenvalue weighted by Gasteiger charge is -2.32. The molecule has 3 nitrogen and oxygen atoms in total. The van der Waals surface area contributed by atoms with Crippen molar-refractivity contribution in [2.45, 2.75) is 25.7 Å². The number of likely N-dealkylation sites (tertiary alicyclic amines) is 1. The monoisotopic (exact) mass is 273 g/mol. The van der Waals surface area contributed by atoms with Crippen molar-refractivity contribution in [1.82, 2.24) is 4.90 Å². The molecule has 2 fully saturated rings. The van der Waals surface area contributed by atoms with Gasteiger partial charge < -0.3 is 9.64 Å². The molecule has 0 aromatic heterocycles. The van der Waals surface area contributed by atoms with Gasteiger partial charge in [0.15, 0.2) is 5.78 Å². The summed E-state index contributed by atoms with van der Waals surface area (Å²) in [6.07, 6.45) is 4.93. The number of hydrogen-bond donors (Lipinski definition) is 0. The summed E-state index contributed by atoms with van der Waals surface area (Å²) in [7, 11) is 1.64. The van der Waals surface area contributed by atoms with Crippen molar-refractivity contribution in [3.63, 3.8) is 0 Å². The van der Waals surface area contributed by atoms with Crippen molar-refractivity contribution in [2.24, 2.45) is 11.8 Å². The van der Waals surface area contributed by atoms with Crippen molar-refractivity contribution >= 4 is 5.78 Å². The maximum Gasteiger partial charge on any atom is 0.167 e. The fourth-order valence-corrected chi connectivity index (χ4v) is 3.11. The number of methoxy groups -OCH3 is 1. The van der Waals surface area contributed by atoms with Gasteiger partial charge >= 0.3 is 0 Å². The number of nitrogens with zero attached hydrogens (tertiary/aromatic N) is 1. The number of piperidine rings is 1. The lowest BCUT2D eigenvalue weighted by atomic mass is 9.90. The van der Waals surface area contributed by atoms with E-state index in [-0.39, 0.29) is 11.7 Å². The van der Waals surface area contributed by atoms with Crippen LogP contribution in [-0.4, -0.2) is 37.4 Å². The number of hydrogen-bond acceptors (Lipinski definition) is 3. The summed E-state index contributed by atoms with van der Waals surface area (Å²) in [5, 5.41) is 0. The second-order valence-electron chi connectivity index (χ2n) is 6.14. The van der Waals surface area contributed by atoms with E-state index in [1.54, 1.807) is 7.11 Å². The van der Waals surface area contributed by atoms with Gasteiger partial charge in [0.2, 0.25) is 0 Å². The second kappa shape index (κ2) is 5.96. The van der Waals surface area contributed by atoms with Gasteiger partial charge in [0, 0.05) is 24.6 Å². The molecule has 3 rings (SSSR count). The predicted octanol–water partition coefficient (Wildman–Crippen LogP) is 3.00. The third-order valence-corrected chi connectivity index (χ3v) is 4.44. The molecule has 1 aromatic carbocycles. The highest BCUT2D eigenvalue weighted by Crippen LogP contribution is 2.31. The predicted molar refractivity (Wildman–Crippen MR) is 79.2 cm³/mol. The summed E-state index contributed by atoms with van der Waals surface area (Å²) in [6, 6.07) is 7.56. The molecule has 1 aromatic rings. The quantitative estimate of drug-likeness (QED) is 0.772. The first kappa shape index (κ1) is 13.6. The Morgan fingerprint density at radius 2 is 2.20 bits per heavy atom. The number of ether oxygens (including phenoxy) is 1. The van der Waals surface area contributed by atoms with Crippen molar-refractivity contribution in [2.75, 3.05) is 26.7 Å². The fourth-order valence-electron chi connectivity index (χ4n) is 3.11. The number of rotatable bonds is 5. The van der Waals surface area contributed by atoms with Gasteiger partial charge in [0.25, 0.3) is 0 Å². The maximum atomic E-state index is 12.6. The standard InChI is InChI=1S/C17H23NO2/c1-20-16-6-2-4-14(10-16)17(19)15-5-3-9-18(12-15)11-13-7-8-13/h2,4,6,10,13,15H,3,5,7-9,11-12H2,1H3. The van der Waals surface area contributed by atoms with Crippen molar-refractivity contribution in [1.29, 1.82) is 0 Å². The van der Waals surface area contributed by atoms with E-state index in [4.69, 9.17) is 4.74 Å². The molecule has 0 bridgehead atoms. The average molecular weight is 273 g/mol. The second-order valence-corrected chi connectivity index (χ2v) is 6.14. The van der Waals surface area contributed by atoms with Gasteiger partial charge in [0.1, 0.15) is 5.75 Å². The Morgan fingerprint density at radius 3 is 2.95 bits per heavy atom. The van der Waals surface area contributed by atoms with Gasteiger partial charge in [0.05, 0.1) is 7.11 Å². The minimum atomic E-state index is 0.162. The molecule has 20 heavy (non-hydrogen) atoms. The number of ketones is 1. The van der Waals surface area contributed by atoms with Crippen LogP contribution in [0.1, 0.15) is 36.0 Å². The van der Waals surface area contributed by atoms with E-state index in [0.29, 0.717) is 0 Å². The zero-order chi connectivity index (χ0) is 13.9. The molecule has 1 saturated carbocycles. The molecule has 1 saturated heterocycles. The molecular weight excluding hydrogens is 250 g/mol. The molecule has 1 aliphatic heterocycles. The third-order valence-electron chi connectivity index (χ3n) is 4.44. The molecule has 0 N–H and O–H groups in total. The van der Waals surface area contributed by atoms with Crippen LogP contribution in [0.5, 0.6) is 5.75 Å². The number of carbonyl (C=O) groups excluding carboxylic acids is 1. The van der Waals surface area contributed by atoms with E-state index in [1.807, 2.05) is 24.3 Å². The lowest BCUT2D eigenvalue weighted by molar-refractivity contribution is 0.0814. The van der Waals surface area contributed by atoms with Crippen LogP contribution in [-0.2, 0) is 0 Å². The van der Waals surface area contributed by atoms with Gasteiger partial charge in [-0.2, -0.15) is 0 Å². The van der Waals surface area contributed by atoms with Crippen LogP contribution in [0, 0.1) is 11.8 Å². The van der Waals surface area contributed by atoms with Gasteiger partial charge in [-0.15, -0.1) is 0 Å². The Kier molecular flexibility index (Phi) is 4.06. The Hall–Kier alpha value is -1.35. The molecular formula is C17H23NO2. The molecule has 1 atom stereocenters. The maximum absolute atomic E-state index is 12.6. The van der Waals surface area contributed by atoms with Crippen molar-refractivity contribution in [3.8, 4) is 5.75 Å². The normalized spacial score (nSPS) is 23.6. The minimum absolute atomic E-state index is 0.162. The lowest BCUT2D eigenvalue weighted by Crippen LogP contribution is -2.39. The molecule has 3 heteroatoms. The van der Waals surface area contributed by atoms with Crippen LogP contribution in [0.2, 0.25) is 0 Å². The number of benzene rings is 1. The Labute approximate surface area is 120 Å². The van der Waals surface area contributed by atoms with E-state index in [1.165, 1.54) is 25.9 Å². The van der Waals surface area contributed by atoms with Crippen LogP contribution in [0.25, 0.3) is 0 Å². The van der Waals surface area contributed by atoms with E-state index in [2.05, 4.69) is 4.90 Å². The molecule has 0 radical (unpaired) electrons. The van der Waals surface area contributed by atoms with E-state index in [9.17, 15) is 4.79 Å².